The monoisotopic (exact) mass is 974 g/mol. The third-order valence-corrected chi connectivity index (χ3v) is 25.1. The molecule has 11 aliphatic rings. The Kier molecular flexibility index (Phi) is 7.04. The summed E-state index contributed by atoms with van der Waals surface area (Å²) in [6.07, 6.45) is 24.7. The van der Waals surface area contributed by atoms with Gasteiger partial charge in [-0.25, -0.2) is 0 Å². The summed E-state index contributed by atoms with van der Waals surface area (Å²) in [5.74, 6) is 6.18. The average Bonchev–Trinajstić information content (AvgIpc) is 4.51. The van der Waals surface area contributed by atoms with Crippen LogP contribution in [0.5, 0.6) is 0 Å². The van der Waals surface area contributed by atoms with Crippen LogP contribution in [0.1, 0.15) is 133 Å². The third-order valence-electron chi connectivity index (χ3n) is 23.9. The minimum absolute atomic E-state index is 0.0428. The van der Waals surface area contributed by atoms with E-state index in [9.17, 15) is 0 Å². The summed E-state index contributed by atoms with van der Waals surface area (Å²) in [6.45, 7) is 10.5. The lowest BCUT2D eigenvalue weighted by atomic mass is 9.39. The molecule has 2 aliphatic heterocycles. The lowest BCUT2D eigenvalue weighted by molar-refractivity contribution is -0.141. The van der Waals surface area contributed by atoms with E-state index in [0.717, 1.165) is 60.7 Å². The van der Waals surface area contributed by atoms with Crippen molar-refractivity contribution in [3.05, 3.63) is 148 Å². The summed E-state index contributed by atoms with van der Waals surface area (Å²) in [7, 11) is 0. The normalized spacial score (nSPS) is 34.9. The smallest absolute Gasteiger partial charge is 0.333 e. The summed E-state index contributed by atoms with van der Waals surface area (Å²) >= 11 is 2.04. The van der Waals surface area contributed by atoms with Crippen molar-refractivity contribution in [2.24, 2.45) is 41.4 Å². The fourth-order valence-corrected chi connectivity index (χ4v) is 20.8. The third kappa shape index (κ3) is 4.92. The molecule has 3 aromatic heterocycles. The highest BCUT2D eigenvalue weighted by atomic mass is 32.1. The maximum absolute atomic E-state index is 2.94. The number of hydrogen-bond acceptors (Lipinski definition) is 1. The number of allylic oxidation sites excluding steroid dienone is 6. The molecule has 362 valence electrons. The van der Waals surface area contributed by atoms with Gasteiger partial charge in [-0.1, -0.05) is 99.0 Å². The Hall–Kier alpha value is -5.58. The highest BCUT2D eigenvalue weighted by molar-refractivity contribution is 7.26. The molecule has 0 amide bonds. The largest absolute Gasteiger partial charge is 0.375 e. The minimum Gasteiger partial charge on any atom is -0.375 e. The van der Waals surface area contributed by atoms with Crippen LogP contribution in [0.2, 0.25) is 0 Å². The standard InChI is InChI=1S/C70H63BN2S/c1-67(16-13-36-19-40(36)31-67)45-9-11-58-50(24-45)54-28-48(69(3)18-15-38-21-42(38)33-69)29-57-64(54)72(58)65-62-52(30-56-49-7-5-6-8-60(49)74-66(56)65)55-27-47(70(4)34-43-22-39-23-44(35-70)61(39)43)26-53-51-25-46(68(2)17-14-37-20-41(37)32-68)10-12-59(51)73(63(53)55)71(57)62/h5-15,24-30,39-44,61H,16-23,31-35H2,1-4H3. The van der Waals surface area contributed by atoms with Crippen molar-refractivity contribution in [3.63, 3.8) is 0 Å². The van der Waals surface area contributed by atoms with E-state index in [1.54, 1.807) is 33.4 Å². The lowest BCUT2D eigenvalue weighted by Crippen LogP contribution is -2.58. The van der Waals surface area contributed by atoms with Gasteiger partial charge in [-0.2, -0.15) is 0 Å². The Balaban J connectivity index is 0.928. The van der Waals surface area contributed by atoms with Crippen LogP contribution >= 0.6 is 11.3 Å². The van der Waals surface area contributed by atoms with E-state index in [0.29, 0.717) is 0 Å². The van der Waals surface area contributed by atoms with Gasteiger partial charge < -0.3 is 9.05 Å². The number of nitrogens with zero attached hydrogens (tertiary/aromatic N) is 2. The Bertz CT molecular complexity index is 4320. The number of rotatable bonds is 4. The molecule has 9 aliphatic carbocycles. The zero-order valence-corrected chi connectivity index (χ0v) is 44.3. The summed E-state index contributed by atoms with van der Waals surface area (Å²) in [5, 5.41) is 8.75. The average molecular weight is 975 g/mol. The Morgan fingerprint density at radius 1 is 0.500 bits per heavy atom. The first-order valence-electron chi connectivity index (χ1n) is 29.3. The van der Waals surface area contributed by atoms with Crippen molar-refractivity contribution >= 4 is 92.9 Å². The van der Waals surface area contributed by atoms with Gasteiger partial charge in [0.2, 0.25) is 0 Å². The molecule has 5 heterocycles. The van der Waals surface area contributed by atoms with Crippen molar-refractivity contribution in [1.82, 2.24) is 9.05 Å². The second-order valence-corrected chi connectivity index (χ2v) is 29.4. The minimum atomic E-state index is 0.0428. The number of thiophene rings is 1. The number of hydrogen-bond donors (Lipinski definition) is 0. The molecule has 0 saturated heterocycles. The number of benzene rings is 6. The quantitative estimate of drug-likeness (QED) is 0.123. The predicted octanol–water partition coefficient (Wildman–Crippen LogP) is 16.5. The molecule has 0 radical (unpaired) electrons. The van der Waals surface area contributed by atoms with E-state index in [2.05, 4.69) is 146 Å². The van der Waals surface area contributed by atoms with E-state index < -0.39 is 0 Å². The van der Waals surface area contributed by atoms with Crippen molar-refractivity contribution in [1.29, 1.82) is 0 Å². The van der Waals surface area contributed by atoms with E-state index in [1.165, 1.54) is 161 Å². The van der Waals surface area contributed by atoms with Gasteiger partial charge in [-0.15, -0.1) is 11.3 Å². The van der Waals surface area contributed by atoms with Crippen LogP contribution in [0.4, 0.5) is 0 Å². The fourth-order valence-electron chi connectivity index (χ4n) is 19.6. The molecule has 74 heavy (non-hydrogen) atoms. The first kappa shape index (κ1) is 40.7. The highest BCUT2D eigenvalue weighted by Gasteiger charge is 2.60. The van der Waals surface area contributed by atoms with Gasteiger partial charge in [-0.3, -0.25) is 0 Å². The molecule has 0 N–H and O–H groups in total. The van der Waals surface area contributed by atoms with Crippen molar-refractivity contribution < 1.29 is 0 Å². The molecule has 8 unspecified atom stereocenters. The second-order valence-electron chi connectivity index (χ2n) is 28.4. The molecular weight excluding hydrogens is 912 g/mol. The van der Waals surface area contributed by atoms with Crippen molar-refractivity contribution in [2.45, 2.75) is 133 Å². The zero-order valence-electron chi connectivity index (χ0n) is 43.5. The van der Waals surface area contributed by atoms with Crippen LogP contribution in [0.3, 0.4) is 0 Å². The van der Waals surface area contributed by atoms with E-state index in [1.807, 2.05) is 11.3 Å². The lowest BCUT2D eigenvalue weighted by Gasteiger charge is -2.65. The first-order valence-corrected chi connectivity index (χ1v) is 30.1. The maximum Gasteiger partial charge on any atom is 0.333 e. The number of aromatic nitrogens is 2. The SMILES string of the molecule is CC1(c2ccc3c(c2)c2cc(C4(C)CC5CC6CC(C4)C65)cc4c2n3B2c3c-4cc4c(sc5ccccc54)c3-n3c4ccc(C5(C)CC=C6CC6C5)cc4c4cc(C5(C)CC=C6CC6C5)cc2c43)CC=C2CC2C1. The van der Waals surface area contributed by atoms with Crippen LogP contribution in [-0.4, -0.2) is 15.9 Å². The Morgan fingerprint density at radius 3 is 1.73 bits per heavy atom. The summed E-state index contributed by atoms with van der Waals surface area (Å²) in [4.78, 5) is 0. The van der Waals surface area contributed by atoms with Gasteiger partial charge in [-0.05, 0) is 240 Å². The van der Waals surface area contributed by atoms with Crippen LogP contribution in [0, 0.1) is 41.4 Å². The predicted molar refractivity (Wildman–Crippen MR) is 311 cm³/mol. The van der Waals surface area contributed by atoms with Crippen molar-refractivity contribution in [2.75, 3.05) is 0 Å². The van der Waals surface area contributed by atoms with Crippen LogP contribution in [0.25, 0.3) is 80.6 Å². The van der Waals surface area contributed by atoms with Gasteiger partial charge in [0.05, 0.1) is 21.4 Å². The van der Waals surface area contributed by atoms with Crippen LogP contribution < -0.4 is 10.9 Å². The molecule has 8 atom stereocenters. The van der Waals surface area contributed by atoms with Gasteiger partial charge in [0.1, 0.15) is 0 Å². The molecule has 4 heteroatoms. The zero-order chi connectivity index (χ0) is 48.3. The van der Waals surface area contributed by atoms with Gasteiger partial charge >= 0.3 is 6.85 Å². The van der Waals surface area contributed by atoms with Gasteiger partial charge in [0.25, 0.3) is 0 Å². The van der Waals surface area contributed by atoms with Gasteiger partial charge in [0, 0.05) is 53.6 Å². The summed E-state index contributed by atoms with van der Waals surface area (Å²) in [6, 6.07) is 38.9. The molecule has 0 bridgehead atoms. The first-order chi connectivity index (χ1) is 36.0. The van der Waals surface area contributed by atoms with E-state index in [4.69, 9.17) is 0 Å². The molecule has 6 fully saturated rings. The summed E-state index contributed by atoms with van der Waals surface area (Å²) < 4.78 is 8.63. The molecule has 20 rings (SSSR count). The van der Waals surface area contributed by atoms with Crippen LogP contribution in [-0.2, 0) is 21.7 Å². The van der Waals surface area contributed by atoms with Crippen LogP contribution in [0.15, 0.2) is 126 Å². The van der Waals surface area contributed by atoms with E-state index in [-0.39, 0.29) is 28.5 Å². The highest BCUT2D eigenvalue weighted by Crippen LogP contribution is 2.68. The second kappa shape index (κ2) is 12.8. The maximum atomic E-state index is 2.94. The summed E-state index contributed by atoms with van der Waals surface area (Å²) in [5.41, 5.74) is 25.2. The Labute approximate surface area is 438 Å². The number of fused-ring (bicyclic) bond motifs is 17. The molecule has 6 aromatic carbocycles. The molecular formula is C70H63BN2S. The molecule has 6 saturated carbocycles. The van der Waals surface area contributed by atoms with E-state index >= 15 is 0 Å². The fraction of sp³-hybridized carbons (Fsp3) is 0.400. The molecule has 2 nitrogen and oxygen atoms in total. The topological polar surface area (TPSA) is 9.86 Å². The molecule has 0 spiro atoms. The van der Waals surface area contributed by atoms with Gasteiger partial charge in [0.15, 0.2) is 0 Å². The van der Waals surface area contributed by atoms with Crippen molar-refractivity contribution in [3.8, 4) is 16.8 Å². The molecule has 9 aromatic rings. The Morgan fingerprint density at radius 2 is 1.08 bits per heavy atom.